The zero-order valence-corrected chi connectivity index (χ0v) is 39.2. The molecule has 0 saturated carbocycles. The molecule has 10 aromatic carbocycles. The predicted molar refractivity (Wildman–Crippen MR) is 280 cm³/mol. The largest absolute Gasteiger partial charge is 0.0619 e. The molecule has 316 valence electrons. The van der Waals surface area contributed by atoms with Crippen molar-refractivity contribution in [1.29, 1.82) is 0 Å². The van der Waals surface area contributed by atoms with E-state index >= 15 is 0 Å². The molecule has 4 aliphatic rings. The minimum absolute atomic E-state index is 0.0433. The lowest BCUT2D eigenvalue weighted by atomic mass is 9.77. The highest BCUT2D eigenvalue weighted by Gasteiger charge is 2.44. The van der Waals surface area contributed by atoms with E-state index in [-0.39, 0.29) is 21.7 Å². The molecular formula is C66H52. The van der Waals surface area contributed by atoms with Crippen LogP contribution in [0, 0.1) is 0 Å². The van der Waals surface area contributed by atoms with Crippen molar-refractivity contribution in [2.75, 3.05) is 0 Å². The third-order valence-corrected chi connectivity index (χ3v) is 17.3. The van der Waals surface area contributed by atoms with Gasteiger partial charge in [-0.05, 0) is 168 Å². The first-order valence-corrected chi connectivity index (χ1v) is 24.0. The van der Waals surface area contributed by atoms with Gasteiger partial charge in [-0.2, -0.15) is 0 Å². The summed E-state index contributed by atoms with van der Waals surface area (Å²) in [6.45, 7) is 19.4. The molecular weight excluding hydrogens is 793 g/mol. The monoisotopic (exact) mass is 844 g/mol. The smallest absolute Gasteiger partial charge is 0.0159 e. The maximum Gasteiger partial charge on any atom is 0.0159 e. The number of fused-ring (bicyclic) bond motifs is 17. The lowest BCUT2D eigenvalue weighted by Crippen LogP contribution is -2.17. The van der Waals surface area contributed by atoms with Crippen LogP contribution in [0.5, 0.6) is 0 Å². The summed E-state index contributed by atoms with van der Waals surface area (Å²) in [5.74, 6) is 0. The lowest BCUT2D eigenvalue weighted by molar-refractivity contribution is 0.652. The minimum atomic E-state index is -0.176. The topological polar surface area (TPSA) is 0 Å². The van der Waals surface area contributed by atoms with Crippen LogP contribution < -0.4 is 0 Å². The van der Waals surface area contributed by atoms with Crippen molar-refractivity contribution in [3.8, 4) is 66.8 Å². The molecule has 0 aliphatic heterocycles. The van der Waals surface area contributed by atoms with Gasteiger partial charge >= 0.3 is 0 Å². The van der Waals surface area contributed by atoms with Crippen LogP contribution in [0.25, 0.3) is 99.1 Å². The predicted octanol–water partition coefficient (Wildman–Crippen LogP) is 17.7. The number of hydrogen-bond acceptors (Lipinski definition) is 0. The van der Waals surface area contributed by atoms with Crippen molar-refractivity contribution in [2.45, 2.75) is 77.0 Å². The molecule has 0 heteroatoms. The number of benzene rings is 10. The number of rotatable bonds is 2. The summed E-state index contributed by atoms with van der Waals surface area (Å²) >= 11 is 0. The third kappa shape index (κ3) is 4.56. The van der Waals surface area contributed by atoms with E-state index in [1.165, 1.54) is 144 Å². The summed E-state index contributed by atoms with van der Waals surface area (Å²) in [4.78, 5) is 0. The second kappa shape index (κ2) is 12.4. The quantitative estimate of drug-likeness (QED) is 0.152. The van der Waals surface area contributed by atoms with Crippen LogP contribution in [0.15, 0.2) is 170 Å². The van der Waals surface area contributed by atoms with Crippen molar-refractivity contribution >= 4 is 32.3 Å². The highest BCUT2D eigenvalue weighted by molar-refractivity contribution is 6.26. The molecule has 0 heterocycles. The van der Waals surface area contributed by atoms with Crippen LogP contribution >= 0.6 is 0 Å². The highest BCUT2D eigenvalue weighted by atomic mass is 14.5. The first-order valence-electron chi connectivity index (χ1n) is 24.0. The Morgan fingerprint density at radius 3 is 1.20 bits per heavy atom. The maximum atomic E-state index is 2.59. The summed E-state index contributed by atoms with van der Waals surface area (Å²) in [7, 11) is 0. The van der Waals surface area contributed by atoms with Crippen molar-refractivity contribution in [3.63, 3.8) is 0 Å². The molecule has 0 bridgehead atoms. The van der Waals surface area contributed by atoms with Crippen LogP contribution in [-0.4, -0.2) is 0 Å². The van der Waals surface area contributed by atoms with Gasteiger partial charge in [0.1, 0.15) is 0 Å². The normalized spacial score (nSPS) is 16.7. The fraction of sp³-hybridized carbons (Fsp3) is 0.182. The Morgan fingerprint density at radius 1 is 0.227 bits per heavy atom. The molecule has 0 radical (unpaired) electrons. The van der Waals surface area contributed by atoms with Gasteiger partial charge < -0.3 is 0 Å². The molecule has 0 nitrogen and oxygen atoms in total. The van der Waals surface area contributed by atoms with E-state index in [1.54, 1.807) is 0 Å². The molecule has 14 rings (SSSR count). The Labute approximate surface area is 388 Å². The van der Waals surface area contributed by atoms with E-state index in [0.717, 1.165) is 0 Å². The molecule has 0 unspecified atom stereocenters. The van der Waals surface area contributed by atoms with Gasteiger partial charge in [0.25, 0.3) is 0 Å². The average Bonchev–Trinajstić information content (AvgIpc) is 3.89. The Balaban J connectivity index is 1.04. The van der Waals surface area contributed by atoms with Gasteiger partial charge in [-0.15, -0.1) is 0 Å². The second-order valence-electron chi connectivity index (χ2n) is 21.9. The fourth-order valence-corrected chi connectivity index (χ4v) is 13.9. The van der Waals surface area contributed by atoms with Gasteiger partial charge in [0.15, 0.2) is 0 Å². The van der Waals surface area contributed by atoms with Gasteiger partial charge in [0.05, 0.1) is 0 Å². The Hall–Kier alpha value is -7.02. The Kier molecular flexibility index (Phi) is 7.22. The van der Waals surface area contributed by atoms with Gasteiger partial charge in [-0.1, -0.05) is 201 Å². The van der Waals surface area contributed by atoms with Crippen LogP contribution in [0.3, 0.4) is 0 Å². The van der Waals surface area contributed by atoms with E-state index in [4.69, 9.17) is 0 Å². The van der Waals surface area contributed by atoms with Crippen molar-refractivity contribution in [2.24, 2.45) is 0 Å². The molecule has 0 saturated heterocycles. The highest BCUT2D eigenvalue weighted by Crippen LogP contribution is 2.61. The molecule has 0 aromatic heterocycles. The first-order chi connectivity index (χ1) is 31.8. The van der Waals surface area contributed by atoms with E-state index in [0.29, 0.717) is 0 Å². The standard InChI is InChI=1S/C66H52/c1-63(2)51-27-17-14-24-45(51)60-53(63)32-31-44-49(36-57-61(62(44)60)46-25-15-18-28-52(46)65(57,5)6)59-42-22-11-9-20-40(42)58(41-21-10-12-23-43(41)59)37-29-30-39-48-35-55-47(34-56(48)66(7,8)54(39)33-37)38-19-13-16-26-50(38)64(55,3)4/h9-36H,1-8H3. The third-order valence-electron chi connectivity index (χ3n) is 17.3. The summed E-state index contributed by atoms with van der Waals surface area (Å²) in [6.07, 6.45) is 0. The first kappa shape index (κ1) is 38.3. The molecule has 0 amide bonds. The summed E-state index contributed by atoms with van der Waals surface area (Å²) < 4.78 is 0. The van der Waals surface area contributed by atoms with E-state index in [1.807, 2.05) is 0 Å². The Bertz CT molecular complexity index is 3790. The fourth-order valence-electron chi connectivity index (χ4n) is 13.9. The average molecular weight is 845 g/mol. The number of hydrogen-bond donors (Lipinski definition) is 0. The maximum absolute atomic E-state index is 2.59. The summed E-state index contributed by atoms with van der Waals surface area (Å²) in [6, 6.07) is 65.9. The summed E-state index contributed by atoms with van der Waals surface area (Å²) in [5.41, 5.74) is 27.2. The molecule has 10 aromatic rings. The Morgan fingerprint density at radius 2 is 0.621 bits per heavy atom. The van der Waals surface area contributed by atoms with E-state index in [2.05, 4.69) is 225 Å². The molecule has 0 spiro atoms. The molecule has 0 fully saturated rings. The van der Waals surface area contributed by atoms with Crippen LogP contribution in [0.1, 0.15) is 99.9 Å². The lowest BCUT2D eigenvalue weighted by Gasteiger charge is -2.26. The van der Waals surface area contributed by atoms with Crippen molar-refractivity contribution in [3.05, 3.63) is 214 Å². The van der Waals surface area contributed by atoms with Gasteiger partial charge in [-0.3, -0.25) is 0 Å². The van der Waals surface area contributed by atoms with Crippen LogP contribution in [0.2, 0.25) is 0 Å². The van der Waals surface area contributed by atoms with E-state index < -0.39 is 0 Å². The SMILES string of the molecule is CC1(C)c2ccccc2-c2cc3c(cc21)-c1ccc(-c2c4ccccc4c(-c4cc5c(c6c7c(ccc46)C(C)(C)c4ccccc4-7)-c4ccccc4C5(C)C)c4ccccc24)cc1C3(C)C. The summed E-state index contributed by atoms with van der Waals surface area (Å²) in [5, 5.41) is 7.89. The zero-order valence-electron chi connectivity index (χ0n) is 39.2. The van der Waals surface area contributed by atoms with Gasteiger partial charge in [-0.25, -0.2) is 0 Å². The molecule has 0 N–H and O–H groups in total. The van der Waals surface area contributed by atoms with Crippen molar-refractivity contribution in [1.82, 2.24) is 0 Å². The molecule has 4 aliphatic carbocycles. The van der Waals surface area contributed by atoms with Gasteiger partial charge in [0.2, 0.25) is 0 Å². The van der Waals surface area contributed by atoms with Crippen LogP contribution in [0.4, 0.5) is 0 Å². The molecule has 0 atom stereocenters. The van der Waals surface area contributed by atoms with Crippen molar-refractivity contribution < 1.29 is 0 Å². The second-order valence-corrected chi connectivity index (χ2v) is 21.9. The van der Waals surface area contributed by atoms with Gasteiger partial charge in [0, 0.05) is 21.7 Å². The van der Waals surface area contributed by atoms with E-state index in [9.17, 15) is 0 Å². The zero-order chi connectivity index (χ0) is 44.8. The van der Waals surface area contributed by atoms with Crippen LogP contribution in [-0.2, 0) is 21.7 Å². The minimum Gasteiger partial charge on any atom is -0.0619 e. The molecule has 66 heavy (non-hydrogen) atoms.